The normalized spacial score (nSPS) is 17.1. The van der Waals surface area contributed by atoms with E-state index in [9.17, 15) is 18.0 Å². The molecular weight excluding hydrogens is 330 g/mol. The monoisotopic (exact) mass is 347 g/mol. The summed E-state index contributed by atoms with van der Waals surface area (Å²) in [7, 11) is -4.38. The number of carbonyl (C=O) groups excluding carboxylic acids is 1. The van der Waals surface area contributed by atoms with Crippen molar-refractivity contribution in [1.29, 1.82) is 0 Å². The van der Waals surface area contributed by atoms with Gasteiger partial charge < -0.3 is 4.42 Å². The molecule has 1 atom stereocenters. The van der Waals surface area contributed by atoms with E-state index in [1.165, 1.54) is 18.2 Å². The predicted molar refractivity (Wildman–Crippen MR) is 89.5 cm³/mol. The molecule has 0 saturated carbocycles. The van der Waals surface area contributed by atoms with Crippen LogP contribution in [0.1, 0.15) is 35.0 Å². The molecule has 0 aliphatic heterocycles. The summed E-state index contributed by atoms with van der Waals surface area (Å²) in [4.78, 5) is 24.1. The molecule has 0 bridgehead atoms. The lowest BCUT2D eigenvalue weighted by Crippen LogP contribution is -2.27. The van der Waals surface area contributed by atoms with E-state index in [2.05, 4.69) is 11.6 Å². The van der Waals surface area contributed by atoms with Crippen molar-refractivity contribution in [3.63, 3.8) is 0 Å². The Labute approximate surface area is 139 Å². The van der Waals surface area contributed by atoms with Gasteiger partial charge in [-0.15, -0.1) is 0 Å². The molecule has 0 spiro atoms. The fourth-order valence-electron chi connectivity index (χ4n) is 2.78. The van der Waals surface area contributed by atoms with Crippen LogP contribution in [-0.2, 0) is 22.9 Å². The van der Waals surface area contributed by atoms with Crippen LogP contribution in [0.15, 0.2) is 45.6 Å². The van der Waals surface area contributed by atoms with Gasteiger partial charge in [0.05, 0.1) is 0 Å². The molecule has 1 N–H and O–H groups in total. The lowest BCUT2D eigenvalue weighted by atomic mass is 9.89. The summed E-state index contributed by atoms with van der Waals surface area (Å²) in [5.41, 5.74) is -0.181. The van der Waals surface area contributed by atoms with E-state index in [1.807, 2.05) is 0 Å². The number of benzene rings is 1. The first-order valence-corrected chi connectivity index (χ1v) is 9.13. The van der Waals surface area contributed by atoms with Gasteiger partial charge in [-0.25, -0.2) is 4.79 Å². The summed E-state index contributed by atoms with van der Waals surface area (Å²) in [6, 6.07) is 9.09. The minimum atomic E-state index is -4.38. The van der Waals surface area contributed by atoms with Crippen molar-refractivity contribution in [3.8, 4) is 0 Å². The third-order valence-electron chi connectivity index (χ3n) is 4.04. The third-order valence-corrected chi connectivity index (χ3v) is 5.26. The molecule has 2 aromatic rings. The first-order chi connectivity index (χ1) is 11.4. The van der Waals surface area contributed by atoms with Crippen molar-refractivity contribution in [2.45, 2.75) is 26.2 Å². The van der Waals surface area contributed by atoms with Gasteiger partial charge in [-0.3, -0.25) is 9.52 Å². The van der Waals surface area contributed by atoms with E-state index >= 15 is 0 Å². The van der Waals surface area contributed by atoms with E-state index in [0.29, 0.717) is 24.5 Å². The Balaban J connectivity index is 1.92. The number of nitrogens with one attached hydrogen (secondary N) is 1. The molecule has 0 radical (unpaired) electrons. The van der Waals surface area contributed by atoms with Crippen molar-refractivity contribution in [2.24, 2.45) is 5.92 Å². The zero-order valence-corrected chi connectivity index (χ0v) is 13.9. The highest BCUT2D eigenvalue weighted by molar-refractivity contribution is 8.07. The molecule has 1 heterocycles. The van der Waals surface area contributed by atoms with Gasteiger partial charge in [0, 0.05) is 12.0 Å². The van der Waals surface area contributed by atoms with Crippen LogP contribution in [0.2, 0.25) is 0 Å². The first-order valence-electron chi connectivity index (χ1n) is 7.65. The molecule has 7 heteroatoms. The zero-order chi connectivity index (χ0) is 17.3. The molecule has 126 valence electrons. The average Bonchev–Trinajstić information content (AvgIpc) is 2.56. The Morgan fingerprint density at radius 2 is 1.96 bits per heavy atom. The van der Waals surface area contributed by atoms with E-state index in [-0.39, 0.29) is 11.3 Å². The fraction of sp³-hybridized carbons (Fsp3) is 0.294. The standard InChI is InChI=1S/C17H17NO5S/c1-11-7-8-15-13(9-11)10-14(16(19)23-15)18-24(21,22)17(20)12-5-3-2-4-6-12/h2-6,10-11,18H,7-9H2,1H3. The van der Waals surface area contributed by atoms with Gasteiger partial charge in [-0.05, 0) is 30.4 Å². The molecule has 1 aliphatic rings. The number of carbonyl (C=O) groups is 1. The second-order valence-corrected chi connectivity index (χ2v) is 7.58. The number of anilines is 1. The summed E-state index contributed by atoms with van der Waals surface area (Å²) in [5.74, 6) is 1.02. The van der Waals surface area contributed by atoms with Gasteiger partial charge in [-0.1, -0.05) is 37.3 Å². The van der Waals surface area contributed by atoms with Gasteiger partial charge in [0.2, 0.25) is 0 Å². The molecule has 1 aromatic heterocycles. The number of hydrogen-bond donors (Lipinski definition) is 1. The highest BCUT2D eigenvalue weighted by Crippen LogP contribution is 2.26. The molecule has 6 nitrogen and oxygen atoms in total. The van der Waals surface area contributed by atoms with Crippen LogP contribution >= 0.6 is 0 Å². The van der Waals surface area contributed by atoms with Crippen LogP contribution in [0.5, 0.6) is 0 Å². The van der Waals surface area contributed by atoms with Gasteiger partial charge in [0.25, 0.3) is 5.12 Å². The smallest absolute Gasteiger partial charge is 0.360 e. The van der Waals surface area contributed by atoms with Crippen molar-refractivity contribution in [1.82, 2.24) is 0 Å². The summed E-state index contributed by atoms with van der Waals surface area (Å²) < 4.78 is 31.8. The van der Waals surface area contributed by atoms with Gasteiger partial charge in [-0.2, -0.15) is 8.42 Å². The number of hydrogen-bond acceptors (Lipinski definition) is 5. The van der Waals surface area contributed by atoms with Crippen LogP contribution in [0.25, 0.3) is 0 Å². The van der Waals surface area contributed by atoms with E-state index < -0.39 is 20.8 Å². The molecule has 0 amide bonds. The van der Waals surface area contributed by atoms with E-state index in [4.69, 9.17) is 4.42 Å². The number of rotatable bonds is 3. The van der Waals surface area contributed by atoms with Crippen molar-refractivity contribution in [3.05, 3.63) is 63.7 Å². The van der Waals surface area contributed by atoms with Crippen molar-refractivity contribution in [2.75, 3.05) is 4.72 Å². The highest BCUT2D eigenvalue weighted by atomic mass is 32.2. The Morgan fingerprint density at radius 1 is 1.25 bits per heavy atom. The molecule has 1 unspecified atom stereocenters. The van der Waals surface area contributed by atoms with Crippen LogP contribution in [0, 0.1) is 5.92 Å². The van der Waals surface area contributed by atoms with Crippen LogP contribution in [0.3, 0.4) is 0 Å². The maximum Gasteiger partial charge on any atom is 0.360 e. The highest BCUT2D eigenvalue weighted by Gasteiger charge is 2.26. The topological polar surface area (TPSA) is 93.4 Å². The Kier molecular flexibility index (Phi) is 4.28. The Bertz CT molecular complexity index is 931. The van der Waals surface area contributed by atoms with E-state index in [0.717, 1.165) is 12.0 Å². The van der Waals surface area contributed by atoms with Gasteiger partial charge >= 0.3 is 15.6 Å². The second-order valence-electron chi connectivity index (χ2n) is 6.00. The lowest BCUT2D eigenvalue weighted by molar-refractivity contribution is 0.107. The summed E-state index contributed by atoms with van der Waals surface area (Å²) in [5, 5.41) is -1.09. The number of fused-ring (bicyclic) bond motifs is 1. The maximum atomic E-state index is 12.2. The van der Waals surface area contributed by atoms with E-state index in [1.54, 1.807) is 18.2 Å². The largest absolute Gasteiger partial charge is 0.426 e. The SMILES string of the molecule is CC1CCc2oc(=O)c(NS(=O)(=O)C(=O)c3ccccc3)cc2C1. The van der Waals surface area contributed by atoms with Crippen LogP contribution in [0.4, 0.5) is 5.69 Å². The second kappa shape index (κ2) is 6.24. The minimum Gasteiger partial charge on any atom is -0.426 e. The van der Waals surface area contributed by atoms with Crippen molar-refractivity contribution >= 4 is 20.8 Å². The van der Waals surface area contributed by atoms with Gasteiger partial charge in [0.15, 0.2) is 0 Å². The first kappa shape index (κ1) is 16.4. The summed E-state index contributed by atoms with van der Waals surface area (Å²) in [6.45, 7) is 2.08. The summed E-state index contributed by atoms with van der Waals surface area (Å²) >= 11 is 0. The molecule has 1 aromatic carbocycles. The van der Waals surface area contributed by atoms with Crippen LogP contribution < -0.4 is 10.3 Å². The van der Waals surface area contributed by atoms with Crippen molar-refractivity contribution < 1.29 is 17.6 Å². The molecule has 3 rings (SSSR count). The Morgan fingerprint density at radius 3 is 2.67 bits per heavy atom. The summed E-state index contributed by atoms with van der Waals surface area (Å²) in [6.07, 6.45) is 2.29. The lowest BCUT2D eigenvalue weighted by Gasteiger charge is -2.20. The van der Waals surface area contributed by atoms with Gasteiger partial charge in [0.1, 0.15) is 11.4 Å². The predicted octanol–water partition coefficient (Wildman–Crippen LogP) is 2.35. The zero-order valence-electron chi connectivity index (χ0n) is 13.1. The molecular formula is C17H17NO5S. The molecule has 0 fully saturated rings. The Hall–Kier alpha value is -2.41. The fourth-order valence-corrected chi connectivity index (χ4v) is 3.75. The number of sulfonamides is 1. The number of aryl methyl sites for hydroxylation is 1. The minimum absolute atomic E-state index is 0.0287. The molecule has 1 aliphatic carbocycles. The van der Waals surface area contributed by atoms with Crippen LogP contribution in [-0.4, -0.2) is 13.5 Å². The maximum absolute atomic E-state index is 12.2. The molecule has 0 saturated heterocycles. The third kappa shape index (κ3) is 3.26. The quantitative estimate of drug-likeness (QED) is 0.920. The molecule has 24 heavy (non-hydrogen) atoms. The average molecular weight is 347 g/mol.